The highest BCUT2D eigenvalue weighted by Crippen LogP contribution is 2.00. The predicted octanol–water partition coefficient (Wildman–Crippen LogP) is 0.400. The molecule has 0 aliphatic rings. The lowest BCUT2D eigenvalue weighted by atomic mass is 10.0. The molecule has 0 aliphatic heterocycles. The monoisotopic (exact) mass is 278 g/mol. The zero-order valence-corrected chi connectivity index (χ0v) is 14.8. The molecule has 0 aromatic heterocycles. The Bertz CT molecular complexity index is 355. The number of hydrogen-bond donors (Lipinski definition) is 2. The highest BCUT2D eigenvalue weighted by Gasteiger charge is 2.21. The van der Waals surface area contributed by atoms with E-state index in [2.05, 4.69) is 79.6 Å². The molecule has 0 radical (unpaired) electrons. The lowest BCUT2D eigenvalue weighted by molar-refractivity contribution is -0.900. The van der Waals surface area contributed by atoms with E-state index in [4.69, 9.17) is 0 Å². The standard InChI is InChI=1S/C18H32N2/c1-17(2,19(5)6)15-13-11-9-10-12-14-16-18(3,4)20(7)8/h9-12H2,1-8H3/p+2. The maximum Gasteiger partial charge on any atom is 0.153 e. The largest absolute Gasteiger partial charge is 0.325 e. The Labute approximate surface area is 126 Å². The van der Waals surface area contributed by atoms with E-state index in [0.29, 0.717) is 0 Å². The third-order valence-electron chi connectivity index (χ3n) is 4.16. The van der Waals surface area contributed by atoms with Crippen LogP contribution in [0.2, 0.25) is 0 Å². The van der Waals surface area contributed by atoms with Gasteiger partial charge in [0.1, 0.15) is 0 Å². The van der Waals surface area contributed by atoms with Crippen LogP contribution in [0.25, 0.3) is 0 Å². The average Bonchev–Trinajstić information content (AvgIpc) is 2.31. The van der Waals surface area contributed by atoms with Gasteiger partial charge in [-0.15, -0.1) is 0 Å². The Morgan fingerprint density at radius 1 is 0.650 bits per heavy atom. The summed E-state index contributed by atoms with van der Waals surface area (Å²) in [5, 5.41) is 0. The van der Waals surface area contributed by atoms with Crippen molar-refractivity contribution >= 4 is 0 Å². The van der Waals surface area contributed by atoms with Gasteiger partial charge in [-0.25, -0.2) is 0 Å². The van der Waals surface area contributed by atoms with Crippen LogP contribution in [-0.2, 0) is 0 Å². The van der Waals surface area contributed by atoms with Gasteiger partial charge in [0.05, 0.1) is 28.2 Å². The number of unbranched alkanes of at least 4 members (excludes halogenated alkanes) is 3. The lowest BCUT2D eigenvalue weighted by Gasteiger charge is -2.23. The average molecular weight is 278 g/mol. The van der Waals surface area contributed by atoms with Gasteiger partial charge in [0.15, 0.2) is 11.1 Å². The first-order valence-electron chi connectivity index (χ1n) is 7.71. The first kappa shape index (κ1) is 19.0. The van der Waals surface area contributed by atoms with E-state index < -0.39 is 0 Å². The summed E-state index contributed by atoms with van der Waals surface area (Å²) in [6, 6.07) is 0. The molecule has 0 saturated heterocycles. The van der Waals surface area contributed by atoms with Crippen molar-refractivity contribution in [3.63, 3.8) is 0 Å². The van der Waals surface area contributed by atoms with E-state index >= 15 is 0 Å². The van der Waals surface area contributed by atoms with Crippen molar-refractivity contribution in [2.75, 3.05) is 28.2 Å². The second-order valence-corrected chi connectivity index (χ2v) is 7.06. The van der Waals surface area contributed by atoms with Crippen LogP contribution >= 0.6 is 0 Å². The molecule has 2 heteroatoms. The van der Waals surface area contributed by atoms with E-state index in [1.165, 1.54) is 9.80 Å². The van der Waals surface area contributed by atoms with Crippen LogP contribution in [0.15, 0.2) is 0 Å². The highest BCUT2D eigenvalue weighted by molar-refractivity contribution is 5.11. The van der Waals surface area contributed by atoms with Crippen LogP contribution in [0.5, 0.6) is 0 Å². The van der Waals surface area contributed by atoms with Crippen molar-refractivity contribution < 1.29 is 9.80 Å². The van der Waals surface area contributed by atoms with Crippen molar-refractivity contribution in [1.82, 2.24) is 0 Å². The molecule has 2 N–H and O–H groups in total. The molecule has 0 fully saturated rings. The summed E-state index contributed by atoms with van der Waals surface area (Å²) in [7, 11) is 8.61. The van der Waals surface area contributed by atoms with E-state index in [1.54, 1.807) is 0 Å². The molecule has 0 unspecified atom stereocenters. The summed E-state index contributed by atoms with van der Waals surface area (Å²) >= 11 is 0. The molecule has 114 valence electrons. The number of hydrogen-bond acceptors (Lipinski definition) is 0. The van der Waals surface area contributed by atoms with Gasteiger partial charge in [-0.05, 0) is 24.7 Å². The van der Waals surface area contributed by atoms with E-state index in [-0.39, 0.29) is 11.1 Å². The van der Waals surface area contributed by atoms with Gasteiger partial charge in [-0.1, -0.05) is 11.8 Å². The van der Waals surface area contributed by atoms with Gasteiger partial charge in [0.2, 0.25) is 0 Å². The maximum atomic E-state index is 3.36. The van der Waals surface area contributed by atoms with Crippen molar-refractivity contribution in [2.45, 2.75) is 64.5 Å². The molecule has 0 spiro atoms. The van der Waals surface area contributed by atoms with Gasteiger partial charge in [0, 0.05) is 40.5 Å². The van der Waals surface area contributed by atoms with Crippen LogP contribution < -0.4 is 9.80 Å². The van der Waals surface area contributed by atoms with Gasteiger partial charge in [0.25, 0.3) is 0 Å². The summed E-state index contributed by atoms with van der Waals surface area (Å²) in [4.78, 5) is 2.76. The second kappa shape index (κ2) is 8.35. The Morgan fingerprint density at radius 3 is 1.20 bits per heavy atom. The summed E-state index contributed by atoms with van der Waals surface area (Å²) in [6.07, 6.45) is 4.27. The molecular weight excluding hydrogens is 244 g/mol. The Hall–Kier alpha value is -0.960. The van der Waals surface area contributed by atoms with Crippen LogP contribution in [0, 0.1) is 23.7 Å². The minimum Gasteiger partial charge on any atom is -0.325 e. The summed E-state index contributed by atoms with van der Waals surface area (Å²) in [5.41, 5.74) is 0.108. The predicted molar refractivity (Wildman–Crippen MR) is 87.8 cm³/mol. The van der Waals surface area contributed by atoms with Crippen LogP contribution in [0.4, 0.5) is 0 Å². The van der Waals surface area contributed by atoms with Gasteiger partial charge in [-0.2, -0.15) is 0 Å². The van der Waals surface area contributed by atoms with Crippen molar-refractivity contribution in [3.8, 4) is 23.7 Å². The normalized spacial score (nSPS) is 11.9. The van der Waals surface area contributed by atoms with Crippen LogP contribution in [0.3, 0.4) is 0 Å². The van der Waals surface area contributed by atoms with Gasteiger partial charge in [-0.3, -0.25) is 0 Å². The number of quaternary nitrogens is 2. The Balaban J connectivity index is 3.97. The third-order valence-corrected chi connectivity index (χ3v) is 4.16. The minimum absolute atomic E-state index is 0.0539. The Morgan fingerprint density at radius 2 is 0.950 bits per heavy atom. The molecule has 2 nitrogen and oxygen atoms in total. The molecule has 20 heavy (non-hydrogen) atoms. The Kier molecular flexibility index (Phi) is 7.95. The molecule has 0 aliphatic carbocycles. The lowest BCUT2D eigenvalue weighted by Crippen LogP contribution is -3.13. The second-order valence-electron chi connectivity index (χ2n) is 7.06. The summed E-state index contributed by atoms with van der Waals surface area (Å²) in [5.74, 6) is 13.3. The molecule has 0 rings (SSSR count). The molecule has 0 heterocycles. The third kappa shape index (κ3) is 7.59. The van der Waals surface area contributed by atoms with Crippen molar-refractivity contribution in [2.24, 2.45) is 0 Å². The fraction of sp³-hybridized carbons (Fsp3) is 0.778. The SMILES string of the molecule is C[NH+](C)C(C)(C)C#CCCCCC#CC(C)(C)[NH+](C)C. The highest BCUT2D eigenvalue weighted by atomic mass is 15.1. The zero-order valence-electron chi connectivity index (χ0n) is 14.8. The summed E-state index contributed by atoms with van der Waals surface area (Å²) in [6.45, 7) is 8.75. The van der Waals surface area contributed by atoms with Crippen LogP contribution in [-0.4, -0.2) is 39.3 Å². The summed E-state index contributed by atoms with van der Waals surface area (Å²) < 4.78 is 0. The molecule has 0 aromatic rings. The van der Waals surface area contributed by atoms with Crippen LogP contribution in [0.1, 0.15) is 53.4 Å². The first-order valence-corrected chi connectivity index (χ1v) is 7.71. The quantitative estimate of drug-likeness (QED) is 0.532. The van der Waals surface area contributed by atoms with E-state index in [0.717, 1.165) is 25.7 Å². The van der Waals surface area contributed by atoms with Crippen molar-refractivity contribution in [3.05, 3.63) is 0 Å². The van der Waals surface area contributed by atoms with E-state index in [1.807, 2.05) is 0 Å². The van der Waals surface area contributed by atoms with Gasteiger partial charge < -0.3 is 9.80 Å². The zero-order chi connectivity index (χ0) is 15.8. The van der Waals surface area contributed by atoms with E-state index in [9.17, 15) is 0 Å². The fourth-order valence-electron chi connectivity index (χ4n) is 1.24. The first-order chi connectivity index (χ1) is 9.09. The molecule has 0 saturated carbocycles. The maximum absolute atomic E-state index is 3.36. The minimum atomic E-state index is 0.0539. The smallest absolute Gasteiger partial charge is 0.153 e. The molecule has 0 amide bonds. The number of nitrogens with one attached hydrogen (secondary N) is 2. The van der Waals surface area contributed by atoms with Crippen molar-refractivity contribution in [1.29, 1.82) is 0 Å². The topological polar surface area (TPSA) is 8.88 Å². The number of rotatable bonds is 5. The molecule has 0 atom stereocenters. The van der Waals surface area contributed by atoms with Gasteiger partial charge >= 0.3 is 0 Å². The molecule has 0 bridgehead atoms. The fourth-order valence-corrected chi connectivity index (χ4v) is 1.24. The molecule has 0 aromatic carbocycles. The molecular formula is C18H34N2+2.